The third-order valence-corrected chi connectivity index (χ3v) is 3.36. The van der Waals surface area contributed by atoms with Crippen molar-refractivity contribution in [1.82, 2.24) is 0 Å². The van der Waals surface area contributed by atoms with Gasteiger partial charge in [-0.1, -0.05) is 18.2 Å². The molecule has 10 heteroatoms. The summed E-state index contributed by atoms with van der Waals surface area (Å²) < 4.78 is 37.4. The molecule has 0 aliphatic rings. The van der Waals surface area contributed by atoms with Crippen molar-refractivity contribution in [2.24, 2.45) is 10.9 Å². The molecule has 2 rings (SSSR count). The van der Waals surface area contributed by atoms with Gasteiger partial charge < -0.3 is 20.8 Å². The number of aliphatic carboxylic acids is 2. The Morgan fingerprint density at radius 1 is 1.07 bits per heavy atom. The maximum atomic E-state index is 10.6. The fraction of sp³-hybridized carbons (Fsp3) is 0.278. The highest BCUT2D eigenvalue weighted by Crippen LogP contribution is 2.22. The highest BCUT2D eigenvalue weighted by atomic mass is 19.4. The van der Waals surface area contributed by atoms with Crippen molar-refractivity contribution in [1.29, 1.82) is 0 Å². The number of unbranched alkanes of at least 4 members (excludes halogenated alkanes) is 1. The van der Waals surface area contributed by atoms with Crippen LogP contribution in [0.2, 0.25) is 0 Å². The second-order valence-corrected chi connectivity index (χ2v) is 5.55. The summed E-state index contributed by atoms with van der Waals surface area (Å²) in [6, 6.07) is 11.8. The molecule has 0 fully saturated rings. The van der Waals surface area contributed by atoms with E-state index in [4.69, 9.17) is 25.6 Å². The highest BCUT2D eigenvalue weighted by Gasteiger charge is 2.38. The third kappa shape index (κ3) is 8.39. The molecule has 2 aromatic carbocycles. The second-order valence-electron chi connectivity index (χ2n) is 5.55. The van der Waals surface area contributed by atoms with E-state index in [0.29, 0.717) is 13.0 Å². The van der Waals surface area contributed by atoms with E-state index in [-0.39, 0.29) is 6.42 Å². The lowest BCUT2D eigenvalue weighted by atomic mass is 10.1. The molecule has 0 heterocycles. The van der Waals surface area contributed by atoms with Gasteiger partial charge in [0.05, 0.1) is 12.8 Å². The van der Waals surface area contributed by atoms with Gasteiger partial charge in [0, 0.05) is 6.42 Å². The molecule has 152 valence electrons. The molecule has 28 heavy (non-hydrogen) atoms. The third-order valence-electron chi connectivity index (χ3n) is 3.36. The zero-order chi connectivity index (χ0) is 21.2. The lowest BCUT2D eigenvalue weighted by Gasteiger charge is -2.07. The van der Waals surface area contributed by atoms with Crippen LogP contribution >= 0.6 is 0 Å². The number of carboxylic acid groups (broad SMARTS) is 2. The summed E-state index contributed by atoms with van der Waals surface area (Å²) in [6.45, 7) is 0.525. The van der Waals surface area contributed by atoms with Crippen molar-refractivity contribution in [3.8, 4) is 5.75 Å². The van der Waals surface area contributed by atoms with Crippen molar-refractivity contribution in [3.63, 3.8) is 0 Å². The van der Waals surface area contributed by atoms with Crippen LogP contribution < -0.4 is 10.6 Å². The van der Waals surface area contributed by atoms with Crippen LogP contribution in [0.5, 0.6) is 5.75 Å². The zero-order valence-corrected chi connectivity index (χ0v) is 14.6. The van der Waals surface area contributed by atoms with Crippen LogP contribution in [-0.2, 0) is 9.59 Å². The number of nitrogens with two attached hydrogens (primary N) is 1. The van der Waals surface area contributed by atoms with Gasteiger partial charge in [0.15, 0.2) is 0 Å². The molecule has 0 saturated carbocycles. The molecule has 7 nitrogen and oxygen atoms in total. The fourth-order valence-electron chi connectivity index (χ4n) is 2.07. The Morgan fingerprint density at radius 3 is 2.25 bits per heavy atom. The summed E-state index contributed by atoms with van der Waals surface area (Å²) in [7, 11) is 0. The number of carbonyl (C=O) groups is 2. The molecule has 0 unspecified atom stereocenters. The largest absolute Gasteiger partial charge is 0.494 e. The SMILES string of the molecule is NN=Cc1ccc2cc(OCCCCC(=O)O)ccc2c1.O=C(O)C(F)(F)F. The lowest BCUT2D eigenvalue weighted by Crippen LogP contribution is -2.21. The molecule has 0 aromatic heterocycles. The number of hydrogen-bond donors (Lipinski definition) is 3. The summed E-state index contributed by atoms with van der Waals surface area (Å²) in [5.74, 6) is 2.41. The van der Waals surface area contributed by atoms with Crippen LogP contribution in [0.1, 0.15) is 24.8 Å². The minimum atomic E-state index is -5.08. The van der Waals surface area contributed by atoms with Crippen molar-refractivity contribution in [2.45, 2.75) is 25.4 Å². The number of ether oxygens (including phenoxy) is 1. The van der Waals surface area contributed by atoms with Gasteiger partial charge in [0.1, 0.15) is 5.75 Å². The number of hydrogen-bond acceptors (Lipinski definition) is 5. The standard InChI is InChI=1S/C16H18N2O3.C2HF3O2/c17-18-11-12-4-5-14-10-15(7-6-13(14)9-12)21-8-2-1-3-16(19)20;3-2(4,5)1(6)7/h4-7,9-11H,1-3,8,17H2,(H,19,20);(H,6,7). The number of halogens is 3. The smallest absolute Gasteiger partial charge is 0.490 e. The highest BCUT2D eigenvalue weighted by molar-refractivity contribution is 5.91. The molecular formula is C18H19F3N2O5. The van der Waals surface area contributed by atoms with Gasteiger partial charge in [-0.2, -0.15) is 18.3 Å². The van der Waals surface area contributed by atoms with Crippen molar-refractivity contribution < 1.29 is 37.7 Å². The minimum Gasteiger partial charge on any atom is -0.494 e. The van der Waals surface area contributed by atoms with Gasteiger partial charge in [0.25, 0.3) is 0 Å². The number of benzene rings is 2. The van der Waals surface area contributed by atoms with Gasteiger partial charge in [0.2, 0.25) is 0 Å². The van der Waals surface area contributed by atoms with E-state index in [2.05, 4.69) is 5.10 Å². The number of fused-ring (bicyclic) bond motifs is 1. The van der Waals surface area contributed by atoms with Crippen LogP contribution in [-0.4, -0.2) is 41.1 Å². The van der Waals surface area contributed by atoms with Gasteiger partial charge in [-0.25, -0.2) is 4.79 Å². The van der Waals surface area contributed by atoms with Gasteiger partial charge in [-0.15, -0.1) is 0 Å². The predicted octanol–water partition coefficient (Wildman–Crippen LogP) is 3.40. The number of carboxylic acids is 2. The summed E-state index contributed by atoms with van der Waals surface area (Å²) in [4.78, 5) is 19.3. The average molecular weight is 400 g/mol. The summed E-state index contributed by atoms with van der Waals surface area (Å²) in [5.41, 5.74) is 0.951. The maximum Gasteiger partial charge on any atom is 0.490 e. The van der Waals surface area contributed by atoms with E-state index in [0.717, 1.165) is 28.5 Å². The Hall–Kier alpha value is -3.30. The first kappa shape index (κ1) is 22.7. The zero-order valence-electron chi connectivity index (χ0n) is 14.6. The van der Waals surface area contributed by atoms with Crippen LogP contribution in [0, 0.1) is 0 Å². The van der Waals surface area contributed by atoms with Gasteiger partial charge in [-0.3, -0.25) is 4.79 Å². The molecule has 0 radical (unpaired) electrons. The molecule has 0 aliphatic heterocycles. The number of nitrogens with zero attached hydrogens (tertiary/aromatic N) is 1. The van der Waals surface area contributed by atoms with E-state index < -0.39 is 18.1 Å². The Morgan fingerprint density at radius 2 is 1.68 bits per heavy atom. The first-order valence-corrected chi connectivity index (χ1v) is 8.05. The van der Waals surface area contributed by atoms with Crippen LogP contribution in [0.4, 0.5) is 13.2 Å². The Bertz CT molecular complexity index is 838. The molecule has 4 N–H and O–H groups in total. The van der Waals surface area contributed by atoms with Crippen molar-refractivity contribution >= 4 is 28.9 Å². The Balaban J connectivity index is 0.000000480. The van der Waals surface area contributed by atoms with E-state index in [1.807, 2.05) is 36.4 Å². The minimum absolute atomic E-state index is 0.187. The predicted molar refractivity (Wildman–Crippen MR) is 96.4 cm³/mol. The summed E-state index contributed by atoms with van der Waals surface area (Å²) >= 11 is 0. The van der Waals surface area contributed by atoms with E-state index in [1.165, 1.54) is 0 Å². The average Bonchev–Trinajstić information content (AvgIpc) is 2.61. The lowest BCUT2D eigenvalue weighted by molar-refractivity contribution is -0.192. The molecule has 0 saturated heterocycles. The first-order valence-electron chi connectivity index (χ1n) is 8.05. The fourth-order valence-corrected chi connectivity index (χ4v) is 2.07. The Labute approximate surface area is 158 Å². The number of rotatable bonds is 7. The van der Waals surface area contributed by atoms with E-state index in [9.17, 15) is 18.0 Å². The number of hydrazone groups is 1. The summed E-state index contributed by atoms with van der Waals surface area (Å²) in [6.07, 6.45) is -1.93. The van der Waals surface area contributed by atoms with Crippen molar-refractivity contribution in [3.05, 3.63) is 42.0 Å². The maximum absolute atomic E-state index is 10.6. The quantitative estimate of drug-likeness (QED) is 0.283. The second kappa shape index (κ2) is 10.8. The van der Waals surface area contributed by atoms with E-state index in [1.54, 1.807) is 6.21 Å². The van der Waals surface area contributed by atoms with E-state index >= 15 is 0 Å². The monoisotopic (exact) mass is 400 g/mol. The number of alkyl halides is 3. The van der Waals surface area contributed by atoms with Crippen LogP contribution in [0.3, 0.4) is 0 Å². The first-order chi connectivity index (χ1) is 13.1. The molecule has 0 atom stereocenters. The summed E-state index contributed by atoms with van der Waals surface area (Å²) in [5, 5.41) is 21.3. The molecule has 0 aliphatic carbocycles. The normalized spacial score (nSPS) is 11.1. The molecule has 2 aromatic rings. The van der Waals surface area contributed by atoms with Crippen LogP contribution in [0.15, 0.2) is 41.5 Å². The molecule has 0 amide bonds. The molecule has 0 spiro atoms. The van der Waals surface area contributed by atoms with Crippen LogP contribution in [0.25, 0.3) is 10.8 Å². The molecule has 0 bridgehead atoms. The molecular weight excluding hydrogens is 381 g/mol. The topological polar surface area (TPSA) is 122 Å². The Kier molecular flexibility index (Phi) is 8.73. The van der Waals surface area contributed by atoms with Gasteiger partial charge >= 0.3 is 18.1 Å². The van der Waals surface area contributed by atoms with Crippen molar-refractivity contribution in [2.75, 3.05) is 6.61 Å². The van der Waals surface area contributed by atoms with Gasteiger partial charge in [-0.05, 0) is 47.4 Å².